The van der Waals surface area contributed by atoms with Crippen LogP contribution >= 0.6 is 0 Å². The molecule has 1 aliphatic heterocycles. The minimum absolute atomic E-state index is 0.0260. The molecule has 0 spiro atoms. The summed E-state index contributed by atoms with van der Waals surface area (Å²) < 4.78 is 15.3. The van der Waals surface area contributed by atoms with Gasteiger partial charge in [-0.2, -0.15) is 0 Å². The summed E-state index contributed by atoms with van der Waals surface area (Å²) in [5, 5.41) is 11.0. The molecule has 3 aromatic rings. The summed E-state index contributed by atoms with van der Waals surface area (Å²) in [7, 11) is 0. The molecule has 0 saturated carbocycles. The fraction of sp³-hybridized carbons (Fsp3) is 0.273. The smallest absolute Gasteiger partial charge is 0.251 e. The zero-order valence-corrected chi connectivity index (χ0v) is 16.8. The van der Waals surface area contributed by atoms with Crippen LogP contribution in [0.2, 0.25) is 0 Å². The molecule has 1 aliphatic rings. The molecule has 1 N–H and O–H groups in total. The molecule has 2 aromatic carbocycles. The van der Waals surface area contributed by atoms with E-state index in [4.69, 9.17) is 0 Å². The van der Waals surface area contributed by atoms with Gasteiger partial charge in [-0.25, -0.2) is 9.07 Å². The molecular weight excluding hydrogens is 385 g/mol. The van der Waals surface area contributed by atoms with Gasteiger partial charge in [-0.15, -0.1) is 5.10 Å². The summed E-state index contributed by atoms with van der Waals surface area (Å²) in [6, 6.07) is 13.7. The van der Waals surface area contributed by atoms with Crippen molar-refractivity contribution in [2.75, 3.05) is 0 Å². The van der Waals surface area contributed by atoms with Crippen molar-refractivity contribution in [3.63, 3.8) is 0 Å². The second-order valence-corrected chi connectivity index (χ2v) is 7.43. The van der Waals surface area contributed by atoms with Crippen molar-refractivity contribution in [1.82, 2.24) is 25.2 Å². The van der Waals surface area contributed by atoms with Gasteiger partial charge in [0.05, 0.1) is 18.8 Å². The van der Waals surface area contributed by atoms with Crippen molar-refractivity contribution in [3.05, 3.63) is 82.4 Å². The molecule has 0 fully saturated rings. The average Bonchev–Trinajstić information content (AvgIpc) is 3.15. The molecule has 7 nitrogen and oxygen atoms in total. The number of benzene rings is 2. The summed E-state index contributed by atoms with van der Waals surface area (Å²) in [6.07, 6.45) is 0. The lowest BCUT2D eigenvalue weighted by Gasteiger charge is -2.31. The van der Waals surface area contributed by atoms with E-state index in [2.05, 4.69) is 15.6 Å². The van der Waals surface area contributed by atoms with Crippen molar-refractivity contribution >= 4 is 11.8 Å². The molecule has 1 atom stereocenters. The van der Waals surface area contributed by atoms with E-state index in [9.17, 15) is 14.0 Å². The number of halogens is 1. The number of nitrogens with zero attached hydrogens (tertiary/aromatic N) is 4. The van der Waals surface area contributed by atoms with Gasteiger partial charge in [0, 0.05) is 12.1 Å². The summed E-state index contributed by atoms with van der Waals surface area (Å²) in [5.74, 6) is -0.841. The van der Waals surface area contributed by atoms with E-state index >= 15 is 0 Å². The van der Waals surface area contributed by atoms with Crippen LogP contribution in [-0.4, -0.2) is 31.7 Å². The van der Waals surface area contributed by atoms with Gasteiger partial charge in [-0.05, 0) is 37.1 Å². The Hall–Kier alpha value is -3.55. The molecule has 8 heteroatoms. The van der Waals surface area contributed by atoms with E-state index in [1.54, 1.807) is 35.6 Å². The van der Waals surface area contributed by atoms with Crippen LogP contribution in [0.4, 0.5) is 4.39 Å². The number of hydrogen-bond donors (Lipinski definition) is 1. The Balaban J connectivity index is 1.49. The molecule has 0 saturated heterocycles. The second-order valence-electron chi connectivity index (χ2n) is 7.43. The zero-order chi connectivity index (χ0) is 21.3. The third kappa shape index (κ3) is 3.80. The van der Waals surface area contributed by atoms with Gasteiger partial charge in [0.25, 0.3) is 5.91 Å². The summed E-state index contributed by atoms with van der Waals surface area (Å²) in [4.78, 5) is 26.9. The number of carbonyl (C=O) groups excluding carboxylic acids is 2. The maximum absolute atomic E-state index is 13.7. The molecule has 2 amide bonds. The first-order valence-electron chi connectivity index (χ1n) is 9.74. The van der Waals surface area contributed by atoms with E-state index in [1.165, 1.54) is 6.07 Å². The van der Waals surface area contributed by atoms with Crippen molar-refractivity contribution in [3.8, 4) is 0 Å². The molecule has 4 rings (SSSR count). The van der Waals surface area contributed by atoms with Crippen molar-refractivity contribution < 1.29 is 14.0 Å². The highest BCUT2D eigenvalue weighted by molar-refractivity contribution is 5.94. The van der Waals surface area contributed by atoms with Gasteiger partial charge in [0.2, 0.25) is 5.91 Å². The number of hydrogen-bond acceptors (Lipinski definition) is 4. The number of rotatable bonds is 5. The number of aromatic nitrogens is 3. The Morgan fingerprint density at radius 2 is 2.00 bits per heavy atom. The van der Waals surface area contributed by atoms with Crippen LogP contribution in [-0.2, 0) is 24.4 Å². The lowest BCUT2D eigenvalue weighted by Crippen LogP contribution is -2.41. The normalized spacial score (nSPS) is 15.8. The highest BCUT2D eigenvalue weighted by atomic mass is 19.1. The zero-order valence-electron chi connectivity index (χ0n) is 16.8. The first-order chi connectivity index (χ1) is 14.4. The molecule has 0 radical (unpaired) electrons. The third-order valence-electron chi connectivity index (χ3n) is 5.31. The van der Waals surface area contributed by atoms with E-state index in [0.717, 1.165) is 11.3 Å². The molecule has 2 heterocycles. The van der Waals surface area contributed by atoms with E-state index < -0.39 is 17.8 Å². The molecule has 30 heavy (non-hydrogen) atoms. The standard InChI is InChI=1S/C22H22FN5O2/c1-14-8-9-17(10-18(14)23)21(29)24-11-19-20-13-27(12-16-6-4-3-5-7-16)22(30)15(2)28(20)26-25-19/h3-10,15H,11-13H2,1-2H3,(H,24,29). The summed E-state index contributed by atoms with van der Waals surface area (Å²) in [5.41, 5.74) is 3.14. The first-order valence-corrected chi connectivity index (χ1v) is 9.74. The monoisotopic (exact) mass is 407 g/mol. The Morgan fingerprint density at radius 3 is 2.73 bits per heavy atom. The van der Waals surface area contributed by atoms with Gasteiger partial charge < -0.3 is 10.2 Å². The minimum Gasteiger partial charge on any atom is -0.346 e. The Labute approximate surface area is 173 Å². The fourth-order valence-corrected chi connectivity index (χ4v) is 3.52. The van der Waals surface area contributed by atoms with E-state index in [1.807, 2.05) is 30.3 Å². The summed E-state index contributed by atoms with van der Waals surface area (Å²) in [6.45, 7) is 4.42. The Morgan fingerprint density at radius 1 is 1.23 bits per heavy atom. The van der Waals surface area contributed by atoms with Crippen LogP contribution in [0.15, 0.2) is 48.5 Å². The first kappa shape index (κ1) is 19.8. The van der Waals surface area contributed by atoms with Crippen molar-refractivity contribution in [2.24, 2.45) is 0 Å². The Kier molecular flexibility index (Phi) is 5.31. The molecule has 154 valence electrons. The molecule has 1 unspecified atom stereocenters. The van der Waals surface area contributed by atoms with Crippen molar-refractivity contribution in [2.45, 2.75) is 39.5 Å². The number of carbonyl (C=O) groups is 2. The van der Waals surface area contributed by atoms with Gasteiger partial charge in [-0.3, -0.25) is 9.59 Å². The van der Waals surface area contributed by atoms with E-state index in [-0.39, 0.29) is 18.0 Å². The number of nitrogens with one attached hydrogen (secondary N) is 1. The van der Waals surface area contributed by atoms with Crippen molar-refractivity contribution in [1.29, 1.82) is 0 Å². The SMILES string of the molecule is Cc1ccc(C(=O)NCc2nnn3c2CN(Cc2ccccc2)C(=O)C3C)cc1F. The van der Waals surface area contributed by atoms with Gasteiger partial charge in [0.1, 0.15) is 17.6 Å². The van der Waals surface area contributed by atoms with E-state index in [0.29, 0.717) is 24.3 Å². The highest BCUT2D eigenvalue weighted by Gasteiger charge is 2.33. The maximum atomic E-state index is 13.7. The highest BCUT2D eigenvalue weighted by Crippen LogP contribution is 2.24. The lowest BCUT2D eigenvalue weighted by molar-refractivity contribution is -0.138. The number of aryl methyl sites for hydroxylation is 1. The minimum atomic E-state index is -0.472. The largest absolute Gasteiger partial charge is 0.346 e. The molecule has 0 aliphatic carbocycles. The van der Waals surface area contributed by atoms with Crippen LogP contribution in [0.1, 0.15) is 45.8 Å². The lowest BCUT2D eigenvalue weighted by atomic mass is 10.1. The quantitative estimate of drug-likeness (QED) is 0.705. The third-order valence-corrected chi connectivity index (χ3v) is 5.31. The second kappa shape index (κ2) is 8.06. The van der Waals surface area contributed by atoms with Crippen LogP contribution < -0.4 is 5.32 Å². The Bertz CT molecular complexity index is 1100. The average molecular weight is 407 g/mol. The van der Waals surface area contributed by atoms with Gasteiger partial charge in [-0.1, -0.05) is 41.6 Å². The predicted molar refractivity (Wildman–Crippen MR) is 108 cm³/mol. The predicted octanol–water partition coefficient (Wildman–Crippen LogP) is 2.76. The molecule has 0 bridgehead atoms. The van der Waals surface area contributed by atoms with Gasteiger partial charge >= 0.3 is 0 Å². The van der Waals surface area contributed by atoms with Crippen LogP contribution in [0.5, 0.6) is 0 Å². The topological polar surface area (TPSA) is 80.1 Å². The van der Waals surface area contributed by atoms with Crippen LogP contribution in [0, 0.1) is 12.7 Å². The number of amides is 2. The fourth-order valence-electron chi connectivity index (χ4n) is 3.52. The maximum Gasteiger partial charge on any atom is 0.251 e. The molecular formula is C22H22FN5O2. The summed E-state index contributed by atoms with van der Waals surface area (Å²) >= 11 is 0. The van der Waals surface area contributed by atoms with Crippen LogP contribution in [0.3, 0.4) is 0 Å². The van der Waals surface area contributed by atoms with Gasteiger partial charge in [0.15, 0.2) is 0 Å². The number of fused-ring (bicyclic) bond motifs is 1. The van der Waals surface area contributed by atoms with Crippen LogP contribution in [0.25, 0.3) is 0 Å². The molecule has 1 aromatic heterocycles.